The van der Waals surface area contributed by atoms with Crippen LogP contribution in [0.15, 0.2) is 24.3 Å². The van der Waals surface area contributed by atoms with E-state index in [0.29, 0.717) is 6.04 Å². The van der Waals surface area contributed by atoms with Crippen molar-refractivity contribution >= 4 is 17.6 Å². The van der Waals surface area contributed by atoms with Crippen LogP contribution in [0, 0.1) is 5.92 Å². The van der Waals surface area contributed by atoms with Crippen molar-refractivity contribution in [3.63, 3.8) is 0 Å². The summed E-state index contributed by atoms with van der Waals surface area (Å²) in [7, 11) is 0. The van der Waals surface area contributed by atoms with Gasteiger partial charge in [0.2, 0.25) is 0 Å². The lowest BCUT2D eigenvalue weighted by atomic mass is 9.86. The Morgan fingerprint density at radius 1 is 1.21 bits per heavy atom. The largest absolute Gasteiger partial charge is 0.481 e. The van der Waals surface area contributed by atoms with Crippen molar-refractivity contribution in [1.82, 2.24) is 5.32 Å². The second-order valence-corrected chi connectivity index (χ2v) is 5.65. The number of carboxylic acid groups (broad SMARTS) is 1. The number of benzene rings is 1. The van der Waals surface area contributed by atoms with E-state index in [1.54, 1.807) is 0 Å². The van der Waals surface area contributed by atoms with Crippen LogP contribution in [-0.4, -0.2) is 23.7 Å². The molecule has 0 atom stereocenters. The first-order valence-corrected chi connectivity index (χ1v) is 7.23. The third-order valence-corrected chi connectivity index (χ3v) is 4.09. The molecule has 1 aromatic carbocycles. The molecule has 0 radical (unpaired) electrons. The summed E-state index contributed by atoms with van der Waals surface area (Å²) in [6, 6.07) is 8.39. The molecule has 4 heteroatoms. The minimum absolute atomic E-state index is 0.130. The summed E-state index contributed by atoms with van der Waals surface area (Å²) < 4.78 is 0. The third kappa shape index (κ3) is 4.51. The van der Waals surface area contributed by atoms with Gasteiger partial charge in [0, 0.05) is 11.1 Å². The van der Waals surface area contributed by atoms with Gasteiger partial charge in [0.1, 0.15) is 0 Å². The quantitative estimate of drug-likeness (QED) is 0.872. The number of halogens is 1. The maximum atomic E-state index is 10.9. The van der Waals surface area contributed by atoms with Crippen molar-refractivity contribution in [3.05, 3.63) is 34.9 Å². The first-order chi connectivity index (χ1) is 9.15. The van der Waals surface area contributed by atoms with E-state index in [2.05, 4.69) is 5.32 Å². The standard InChI is InChI=1S/C15H20ClNO2/c16-13-5-1-11(2-6-13)9-10-17-14-7-3-12(4-8-14)15(18)19/h1-2,5-6,12,14,17H,3-4,7-10H2,(H,18,19). The SMILES string of the molecule is O=C(O)C1CCC(NCCc2ccc(Cl)cc2)CC1. The predicted molar refractivity (Wildman–Crippen MR) is 76.5 cm³/mol. The Morgan fingerprint density at radius 3 is 2.42 bits per heavy atom. The molecule has 104 valence electrons. The summed E-state index contributed by atoms with van der Waals surface area (Å²) in [4.78, 5) is 10.9. The van der Waals surface area contributed by atoms with E-state index in [0.717, 1.165) is 43.7 Å². The van der Waals surface area contributed by atoms with Crippen molar-refractivity contribution in [2.24, 2.45) is 5.92 Å². The monoisotopic (exact) mass is 281 g/mol. The Bertz CT molecular complexity index is 411. The zero-order valence-electron chi connectivity index (χ0n) is 10.9. The molecule has 0 aromatic heterocycles. The highest BCUT2D eigenvalue weighted by Crippen LogP contribution is 2.24. The van der Waals surface area contributed by atoms with Crippen LogP contribution in [0.2, 0.25) is 5.02 Å². The summed E-state index contributed by atoms with van der Waals surface area (Å²) in [6.07, 6.45) is 4.52. The van der Waals surface area contributed by atoms with Crippen molar-refractivity contribution in [3.8, 4) is 0 Å². The Hall–Kier alpha value is -1.06. The fourth-order valence-electron chi connectivity index (χ4n) is 2.62. The molecule has 0 bridgehead atoms. The first-order valence-electron chi connectivity index (χ1n) is 6.86. The van der Waals surface area contributed by atoms with E-state index >= 15 is 0 Å². The van der Waals surface area contributed by atoms with Gasteiger partial charge < -0.3 is 10.4 Å². The van der Waals surface area contributed by atoms with E-state index in [-0.39, 0.29) is 5.92 Å². The van der Waals surface area contributed by atoms with Crippen LogP contribution in [0.5, 0.6) is 0 Å². The van der Waals surface area contributed by atoms with Crippen molar-refractivity contribution in [2.75, 3.05) is 6.54 Å². The highest BCUT2D eigenvalue weighted by atomic mass is 35.5. The van der Waals surface area contributed by atoms with Crippen molar-refractivity contribution in [2.45, 2.75) is 38.1 Å². The molecule has 19 heavy (non-hydrogen) atoms. The lowest BCUT2D eigenvalue weighted by molar-refractivity contribution is -0.142. The summed E-state index contributed by atoms with van der Waals surface area (Å²) in [5.41, 5.74) is 1.27. The fourth-order valence-corrected chi connectivity index (χ4v) is 2.74. The van der Waals surface area contributed by atoms with Gasteiger partial charge in [-0.15, -0.1) is 0 Å². The van der Waals surface area contributed by atoms with Gasteiger partial charge in [-0.1, -0.05) is 23.7 Å². The summed E-state index contributed by atoms with van der Waals surface area (Å²) in [6.45, 7) is 0.935. The second kappa shape index (κ2) is 6.92. The topological polar surface area (TPSA) is 49.3 Å². The van der Waals surface area contributed by atoms with E-state index < -0.39 is 5.97 Å². The normalized spacial score (nSPS) is 23.2. The maximum Gasteiger partial charge on any atom is 0.306 e. The van der Waals surface area contributed by atoms with E-state index in [1.807, 2.05) is 24.3 Å². The molecule has 1 aliphatic rings. The number of aliphatic carboxylic acids is 1. The molecule has 1 aromatic rings. The van der Waals surface area contributed by atoms with Crippen LogP contribution in [0.1, 0.15) is 31.2 Å². The van der Waals surface area contributed by atoms with Crippen LogP contribution in [0.25, 0.3) is 0 Å². The number of hydrogen-bond donors (Lipinski definition) is 2. The number of nitrogens with one attached hydrogen (secondary N) is 1. The molecule has 1 saturated carbocycles. The molecular weight excluding hydrogens is 262 g/mol. The minimum Gasteiger partial charge on any atom is -0.481 e. The van der Waals surface area contributed by atoms with Crippen LogP contribution < -0.4 is 5.32 Å². The Labute approximate surface area is 119 Å². The molecule has 0 heterocycles. The van der Waals surface area contributed by atoms with Gasteiger partial charge in [0.15, 0.2) is 0 Å². The summed E-state index contributed by atoms with van der Waals surface area (Å²) in [5, 5.41) is 13.2. The number of rotatable bonds is 5. The van der Waals surface area contributed by atoms with E-state index in [9.17, 15) is 4.79 Å². The predicted octanol–water partition coefficient (Wildman–Crippen LogP) is 3.12. The van der Waals surface area contributed by atoms with Crippen LogP contribution in [-0.2, 0) is 11.2 Å². The number of carboxylic acids is 1. The molecule has 0 amide bonds. The minimum atomic E-state index is -0.639. The first kappa shape index (κ1) is 14.4. The molecular formula is C15H20ClNO2. The molecule has 1 fully saturated rings. The van der Waals surface area contributed by atoms with Gasteiger partial charge in [0.05, 0.1) is 5.92 Å². The van der Waals surface area contributed by atoms with Crippen molar-refractivity contribution < 1.29 is 9.90 Å². The average molecular weight is 282 g/mol. The molecule has 0 saturated heterocycles. The van der Waals surface area contributed by atoms with E-state index in [1.165, 1.54) is 5.56 Å². The maximum absolute atomic E-state index is 10.9. The molecule has 2 N–H and O–H groups in total. The summed E-state index contributed by atoms with van der Waals surface area (Å²) >= 11 is 5.84. The van der Waals surface area contributed by atoms with Gasteiger partial charge in [-0.25, -0.2) is 0 Å². The summed E-state index contributed by atoms with van der Waals surface area (Å²) in [5.74, 6) is -0.770. The van der Waals surface area contributed by atoms with Crippen LogP contribution in [0.3, 0.4) is 0 Å². The smallest absolute Gasteiger partial charge is 0.306 e. The highest BCUT2D eigenvalue weighted by Gasteiger charge is 2.25. The van der Waals surface area contributed by atoms with Gasteiger partial charge >= 0.3 is 5.97 Å². The zero-order chi connectivity index (χ0) is 13.7. The van der Waals surface area contributed by atoms with Gasteiger partial charge in [-0.2, -0.15) is 0 Å². The molecule has 0 spiro atoms. The molecule has 3 nitrogen and oxygen atoms in total. The molecule has 2 rings (SSSR count). The zero-order valence-corrected chi connectivity index (χ0v) is 11.7. The Kier molecular flexibility index (Phi) is 5.23. The molecule has 0 aliphatic heterocycles. The van der Waals surface area contributed by atoms with Gasteiger partial charge in [-0.3, -0.25) is 4.79 Å². The van der Waals surface area contributed by atoms with Crippen molar-refractivity contribution in [1.29, 1.82) is 0 Å². The lowest BCUT2D eigenvalue weighted by Crippen LogP contribution is -2.36. The second-order valence-electron chi connectivity index (χ2n) is 5.22. The van der Waals surface area contributed by atoms with Crippen LogP contribution in [0.4, 0.5) is 0 Å². The number of carbonyl (C=O) groups is 1. The Balaban J connectivity index is 1.67. The fraction of sp³-hybridized carbons (Fsp3) is 0.533. The van der Waals surface area contributed by atoms with Gasteiger partial charge in [-0.05, 0) is 56.3 Å². The van der Waals surface area contributed by atoms with Crippen LogP contribution >= 0.6 is 11.6 Å². The average Bonchev–Trinajstić information content (AvgIpc) is 2.41. The molecule has 0 unspecified atom stereocenters. The molecule has 1 aliphatic carbocycles. The van der Waals surface area contributed by atoms with E-state index in [4.69, 9.17) is 16.7 Å². The lowest BCUT2D eigenvalue weighted by Gasteiger charge is -2.26. The van der Waals surface area contributed by atoms with Gasteiger partial charge in [0.25, 0.3) is 0 Å². The number of hydrogen-bond acceptors (Lipinski definition) is 2. The Morgan fingerprint density at radius 2 is 1.84 bits per heavy atom. The third-order valence-electron chi connectivity index (χ3n) is 3.84. The highest BCUT2D eigenvalue weighted by molar-refractivity contribution is 6.30.